The van der Waals surface area contributed by atoms with Crippen molar-refractivity contribution in [1.82, 2.24) is 10.6 Å². The van der Waals surface area contributed by atoms with Gasteiger partial charge in [0.25, 0.3) is 0 Å². The van der Waals surface area contributed by atoms with Gasteiger partial charge in [0.05, 0.1) is 12.6 Å². The summed E-state index contributed by atoms with van der Waals surface area (Å²) in [6.07, 6.45) is 2.13. The molecule has 0 aromatic heterocycles. The van der Waals surface area contributed by atoms with Gasteiger partial charge in [0.15, 0.2) is 0 Å². The van der Waals surface area contributed by atoms with E-state index in [-0.39, 0.29) is 18.6 Å². The Bertz CT molecular complexity index is 136. The third-order valence-corrected chi connectivity index (χ3v) is 1.91. The van der Waals surface area contributed by atoms with E-state index in [4.69, 9.17) is 5.11 Å². The van der Waals surface area contributed by atoms with Gasteiger partial charge in [-0.1, -0.05) is 6.92 Å². The maximum Gasteiger partial charge on any atom is 0.220 e. The second-order valence-electron chi connectivity index (χ2n) is 3.06. The van der Waals surface area contributed by atoms with E-state index >= 15 is 0 Å². The number of hydrogen-bond acceptors (Lipinski definition) is 3. The molecule has 0 saturated carbocycles. The number of amides is 1. The summed E-state index contributed by atoms with van der Waals surface area (Å²) in [5, 5.41) is 14.6. The van der Waals surface area contributed by atoms with Gasteiger partial charge in [0.2, 0.25) is 5.91 Å². The predicted octanol–water partition coefficient (Wildman–Crippen LogP) is -0.127. The van der Waals surface area contributed by atoms with Gasteiger partial charge in [-0.15, -0.1) is 0 Å². The lowest BCUT2D eigenvalue weighted by Crippen LogP contribution is -2.37. The van der Waals surface area contributed by atoms with Crippen LogP contribution in [-0.2, 0) is 4.79 Å². The summed E-state index contributed by atoms with van der Waals surface area (Å²) in [4.78, 5) is 11.2. The SMILES string of the molecule is CC[C@H](CO)NC(=O)CCCNC. The van der Waals surface area contributed by atoms with E-state index in [1.807, 2.05) is 14.0 Å². The van der Waals surface area contributed by atoms with Crippen LogP contribution in [0.1, 0.15) is 26.2 Å². The standard InChI is InChI=1S/C9H20N2O2/c1-3-8(7-12)11-9(13)5-4-6-10-2/h8,10,12H,3-7H2,1-2H3,(H,11,13)/t8-/m1/s1. The molecule has 0 aliphatic rings. The molecule has 78 valence electrons. The van der Waals surface area contributed by atoms with E-state index in [1.54, 1.807) is 0 Å². The molecule has 3 N–H and O–H groups in total. The molecule has 0 aliphatic heterocycles. The van der Waals surface area contributed by atoms with Crippen LogP contribution in [-0.4, -0.2) is 37.3 Å². The summed E-state index contributed by atoms with van der Waals surface area (Å²) >= 11 is 0. The van der Waals surface area contributed by atoms with Crippen LogP contribution in [0.4, 0.5) is 0 Å². The lowest BCUT2D eigenvalue weighted by Gasteiger charge is -2.13. The number of carbonyl (C=O) groups excluding carboxylic acids is 1. The largest absolute Gasteiger partial charge is 0.394 e. The molecule has 0 aliphatic carbocycles. The van der Waals surface area contributed by atoms with Crippen LogP contribution < -0.4 is 10.6 Å². The van der Waals surface area contributed by atoms with Crippen molar-refractivity contribution in [2.24, 2.45) is 0 Å². The van der Waals surface area contributed by atoms with Crippen molar-refractivity contribution in [3.63, 3.8) is 0 Å². The van der Waals surface area contributed by atoms with Gasteiger partial charge in [-0.05, 0) is 26.4 Å². The third-order valence-electron chi connectivity index (χ3n) is 1.91. The van der Waals surface area contributed by atoms with Gasteiger partial charge in [0, 0.05) is 6.42 Å². The topological polar surface area (TPSA) is 61.4 Å². The number of carbonyl (C=O) groups is 1. The summed E-state index contributed by atoms with van der Waals surface area (Å²) in [7, 11) is 1.86. The Labute approximate surface area is 79.7 Å². The third kappa shape index (κ3) is 6.54. The Morgan fingerprint density at radius 2 is 2.23 bits per heavy atom. The summed E-state index contributed by atoms with van der Waals surface area (Å²) < 4.78 is 0. The van der Waals surface area contributed by atoms with E-state index in [2.05, 4.69) is 10.6 Å². The summed E-state index contributed by atoms with van der Waals surface area (Å²) in [5.41, 5.74) is 0. The molecule has 0 heterocycles. The Hall–Kier alpha value is -0.610. The summed E-state index contributed by atoms with van der Waals surface area (Å²) in [6, 6.07) is -0.0814. The van der Waals surface area contributed by atoms with E-state index in [1.165, 1.54) is 0 Å². The van der Waals surface area contributed by atoms with Crippen LogP contribution in [0.15, 0.2) is 0 Å². The Balaban J connectivity index is 3.48. The number of rotatable bonds is 7. The van der Waals surface area contributed by atoms with Gasteiger partial charge in [-0.3, -0.25) is 4.79 Å². The molecule has 0 aromatic rings. The number of hydrogen-bond donors (Lipinski definition) is 3. The minimum absolute atomic E-state index is 0.0221. The van der Waals surface area contributed by atoms with Gasteiger partial charge < -0.3 is 15.7 Å². The number of nitrogens with one attached hydrogen (secondary N) is 2. The van der Waals surface area contributed by atoms with Gasteiger partial charge in [-0.2, -0.15) is 0 Å². The van der Waals surface area contributed by atoms with Crippen molar-refractivity contribution in [1.29, 1.82) is 0 Å². The molecule has 0 fully saturated rings. The second kappa shape index (κ2) is 8.01. The molecule has 0 unspecified atom stereocenters. The first-order chi connectivity index (χ1) is 6.24. The fourth-order valence-corrected chi connectivity index (χ4v) is 1.00. The van der Waals surface area contributed by atoms with Gasteiger partial charge in [0.1, 0.15) is 0 Å². The van der Waals surface area contributed by atoms with Crippen molar-refractivity contribution in [3.05, 3.63) is 0 Å². The highest BCUT2D eigenvalue weighted by atomic mass is 16.3. The Morgan fingerprint density at radius 3 is 2.69 bits per heavy atom. The normalized spacial score (nSPS) is 12.5. The highest BCUT2D eigenvalue weighted by Gasteiger charge is 2.07. The molecule has 0 aromatic carbocycles. The van der Waals surface area contributed by atoms with E-state index in [9.17, 15) is 4.79 Å². The highest BCUT2D eigenvalue weighted by Crippen LogP contribution is 1.92. The van der Waals surface area contributed by atoms with E-state index < -0.39 is 0 Å². The molecule has 4 heteroatoms. The van der Waals surface area contributed by atoms with Crippen LogP contribution in [0, 0.1) is 0 Å². The van der Waals surface area contributed by atoms with E-state index in [0.29, 0.717) is 6.42 Å². The average Bonchev–Trinajstić information content (AvgIpc) is 2.14. The fourth-order valence-electron chi connectivity index (χ4n) is 1.00. The predicted molar refractivity (Wildman–Crippen MR) is 52.5 cm³/mol. The van der Waals surface area contributed by atoms with Crippen LogP contribution in [0.2, 0.25) is 0 Å². The van der Waals surface area contributed by atoms with Crippen molar-refractivity contribution >= 4 is 5.91 Å². The molecule has 0 rings (SSSR count). The van der Waals surface area contributed by atoms with Crippen LogP contribution in [0.3, 0.4) is 0 Å². The minimum Gasteiger partial charge on any atom is -0.394 e. The summed E-state index contributed by atoms with van der Waals surface area (Å²) in [6.45, 7) is 2.81. The quantitative estimate of drug-likeness (QED) is 0.488. The molecule has 0 spiro atoms. The highest BCUT2D eigenvalue weighted by molar-refractivity contribution is 5.76. The maximum atomic E-state index is 11.2. The first kappa shape index (κ1) is 12.4. The van der Waals surface area contributed by atoms with Crippen molar-refractivity contribution in [2.45, 2.75) is 32.2 Å². The molecule has 4 nitrogen and oxygen atoms in total. The first-order valence-corrected chi connectivity index (χ1v) is 4.79. The molecule has 1 atom stereocenters. The number of aliphatic hydroxyl groups is 1. The molecule has 1 amide bonds. The number of aliphatic hydroxyl groups excluding tert-OH is 1. The molecule has 0 radical (unpaired) electrons. The van der Waals surface area contributed by atoms with Crippen molar-refractivity contribution in [3.8, 4) is 0 Å². The van der Waals surface area contributed by atoms with Crippen LogP contribution >= 0.6 is 0 Å². The zero-order valence-corrected chi connectivity index (χ0v) is 8.47. The van der Waals surface area contributed by atoms with Crippen LogP contribution in [0.5, 0.6) is 0 Å². The summed E-state index contributed by atoms with van der Waals surface area (Å²) in [5.74, 6) is 0.0242. The second-order valence-corrected chi connectivity index (χ2v) is 3.06. The average molecular weight is 188 g/mol. The Kier molecular flexibility index (Phi) is 7.63. The van der Waals surface area contributed by atoms with Crippen molar-refractivity contribution in [2.75, 3.05) is 20.2 Å². The lowest BCUT2D eigenvalue weighted by molar-refractivity contribution is -0.122. The molecular weight excluding hydrogens is 168 g/mol. The fraction of sp³-hybridized carbons (Fsp3) is 0.889. The molecule has 0 saturated heterocycles. The zero-order chi connectivity index (χ0) is 10.1. The Morgan fingerprint density at radius 1 is 1.54 bits per heavy atom. The molecular formula is C9H20N2O2. The molecule has 13 heavy (non-hydrogen) atoms. The monoisotopic (exact) mass is 188 g/mol. The minimum atomic E-state index is -0.0814. The first-order valence-electron chi connectivity index (χ1n) is 4.79. The van der Waals surface area contributed by atoms with Gasteiger partial charge >= 0.3 is 0 Å². The maximum absolute atomic E-state index is 11.2. The zero-order valence-electron chi connectivity index (χ0n) is 8.47. The van der Waals surface area contributed by atoms with Crippen LogP contribution in [0.25, 0.3) is 0 Å². The molecule has 0 bridgehead atoms. The lowest BCUT2D eigenvalue weighted by atomic mass is 10.2. The van der Waals surface area contributed by atoms with E-state index in [0.717, 1.165) is 19.4 Å². The van der Waals surface area contributed by atoms with Gasteiger partial charge in [-0.25, -0.2) is 0 Å². The smallest absolute Gasteiger partial charge is 0.220 e. The van der Waals surface area contributed by atoms with Crippen molar-refractivity contribution < 1.29 is 9.90 Å².